The van der Waals surface area contributed by atoms with Crippen molar-refractivity contribution >= 4 is 22.4 Å². The topological polar surface area (TPSA) is 83.2 Å². The zero-order chi connectivity index (χ0) is 21.6. The molecule has 0 amide bonds. The summed E-state index contributed by atoms with van der Waals surface area (Å²) in [6.07, 6.45) is 1.22. The van der Waals surface area contributed by atoms with E-state index in [-0.39, 0.29) is 11.4 Å². The number of hydrogen-bond acceptors (Lipinski definition) is 7. The molecule has 30 heavy (non-hydrogen) atoms. The maximum absolute atomic E-state index is 14.0. The minimum Gasteiger partial charge on any atom is -0.353 e. The molecule has 0 radical (unpaired) electrons. The molecule has 3 heterocycles. The van der Waals surface area contributed by atoms with Crippen molar-refractivity contribution in [1.82, 2.24) is 20.1 Å². The lowest BCUT2D eigenvalue weighted by Crippen LogP contribution is -2.67. The predicted octanol–water partition coefficient (Wildman–Crippen LogP) is 2.99. The highest BCUT2D eigenvalue weighted by Crippen LogP contribution is 2.33. The number of hydrogen-bond donors (Lipinski definition) is 2. The maximum Gasteiger partial charge on any atom is 0.158 e. The van der Waals surface area contributed by atoms with Crippen LogP contribution in [-0.4, -0.2) is 52.8 Å². The Kier molecular flexibility index (Phi) is 5.07. The van der Waals surface area contributed by atoms with Gasteiger partial charge in [0.2, 0.25) is 0 Å². The van der Waals surface area contributed by atoms with Crippen LogP contribution in [0.5, 0.6) is 0 Å². The number of aromatic nitrogens is 3. The van der Waals surface area contributed by atoms with Crippen LogP contribution in [0.25, 0.3) is 10.8 Å². The fourth-order valence-corrected chi connectivity index (χ4v) is 3.85. The van der Waals surface area contributed by atoms with E-state index in [2.05, 4.69) is 51.3 Å². The molecule has 1 saturated heterocycles. The molecule has 7 nitrogen and oxygen atoms in total. The molecule has 1 aliphatic rings. The highest BCUT2D eigenvalue weighted by Gasteiger charge is 2.41. The molecule has 8 heteroatoms. The Morgan fingerprint density at radius 2 is 1.93 bits per heavy atom. The zero-order valence-electron chi connectivity index (χ0n) is 18.1. The molecule has 0 saturated carbocycles. The summed E-state index contributed by atoms with van der Waals surface area (Å²) in [6.45, 7) is 7.68. The summed E-state index contributed by atoms with van der Waals surface area (Å²) < 4.78 is 14.0. The van der Waals surface area contributed by atoms with Crippen LogP contribution < -0.4 is 16.0 Å². The first-order valence-corrected chi connectivity index (χ1v) is 10.0. The number of halogens is 1. The van der Waals surface area contributed by atoms with Crippen LogP contribution >= 0.6 is 0 Å². The van der Waals surface area contributed by atoms with Crippen molar-refractivity contribution in [1.29, 1.82) is 0 Å². The molecule has 0 unspecified atom stereocenters. The van der Waals surface area contributed by atoms with Crippen LogP contribution in [0.15, 0.2) is 30.5 Å². The molecule has 2 aromatic heterocycles. The summed E-state index contributed by atoms with van der Waals surface area (Å²) in [5.74, 6) is 1.18. The van der Waals surface area contributed by atoms with Crippen molar-refractivity contribution < 1.29 is 4.39 Å². The molecular formula is C22H28FN7. The molecule has 1 aromatic carbocycles. The molecule has 3 N–H and O–H groups in total. The van der Waals surface area contributed by atoms with E-state index in [4.69, 9.17) is 5.73 Å². The second kappa shape index (κ2) is 7.45. The number of anilines is 2. The zero-order valence-corrected chi connectivity index (χ0v) is 18.1. The van der Waals surface area contributed by atoms with E-state index in [1.807, 2.05) is 25.3 Å². The number of benzene rings is 1. The molecule has 0 aliphatic carbocycles. The molecule has 1 atom stereocenters. The molecule has 1 fully saturated rings. The van der Waals surface area contributed by atoms with Gasteiger partial charge in [-0.15, -0.1) is 5.10 Å². The van der Waals surface area contributed by atoms with Crippen LogP contribution in [0.1, 0.15) is 29.9 Å². The van der Waals surface area contributed by atoms with Gasteiger partial charge in [0.15, 0.2) is 5.82 Å². The van der Waals surface area contributed by atoms with Crippen molar-refractivity contribution in [2.45, 2.75) is 32.5 Å². The Balaban J connectivity index is 1.67. The Bertz CT molecular complexity index is 1090. The number of nitrogens with two attached hydrogens (primary N) is 1. The van der Waals surface area contributed by atoms with Gasteiger partial charge in [-0.25, -0.2) is 9.37 Å². The van der Waals surface area contributed by atoms with Crippen LogP contribution in [0, 0.1) is 19.7 Å². The van der Waals surface area contributed by atoms with Crippen LogP contribution in [0.3, 0.4) is 0 Å². The molecule has 3 aromatic rings. The second-order valence-electron chi connectivity index (χ2n) is 8.55. The van der Waals surface area contributed by atoms with E-state index in [1.54, 1.807) is 13.0 Å². The number of fused-ring (bicyclic) bond motifs is 1. The Morgan fingerprint density at radius 1 is 1.20 bits per heavy atom. The quantitative estimate of drug-likeness (QED) is 0.627. The lowest BCUT2D eigenvalue weighted by molar-refractivity contribution is 0.132. The molecule has 1 aliphatic heterocycles. The van der Waals surface area contributed by atoms with Crippen molar-refractivity contribution in [2.24, 2.45) is 5.73 Å². The van der Waals surface area contributed by atoms with Crippen LogP contribution in [0.4, 0.5) is 16.0 Å². The van der Waals surface area contributed by atoms with Crippen LogP contribution in [0.2, 0.25) is 0 Å². The van der Waals surface area contributed by atoms with Gasteiger partial charge in [-0.1, -0.05) is 12.1 Å². The highest BCUT2D eigenvalue weighted by molar-refractivity contribution is 5.94. The van der Waals surface area contributed by atoms with Crippen molar-refractivity contribution in [3.05, 3.63) is 53.1 Å². The smallest absolute Gasteiger partial charge is 0.158 e. The van der Waals surface area contributed by atoms with Gasteiger partial charge in [-0.2, -0.15) is 5.10 Å². The van der Waals surface area contributed by atoms with Gasteiger partial charge in [-0.05, 0) is 58.1 Å². The van der Waals surface area contributed by atoms with Crippen LogP contribution in [-0.2, 0) is 0 Å². The summed E-state index contributed by atoms with van der Waals surface area (Å²) >= 11 is 0. The van der Waals surface area contributed by atoms with E-state index in [9.17, 15) is 4.39 Å². The van der Waals surface area contributed by atoms with Gasteiger partial charge in [-0.3, -0.25) is 0 Å². The molecule has 4 rings (SSSR count). The van der Waals surface area contributed by atoms with E-state index < -0.39 is 6.17 Å². The molecular weight excluding hydrogens is 381 g/mol. The minimum atomic E-state index is -0.612. The van der Waals surface area contributed by atoms with Gasteiger partial charge in [0.05, 0.1) is 11.2 Å². The predicted molar refractivity (Wildman–Crippen MR) is 118 cm³/mol. The summed E-state index contributed by atoms with van der Waals surface area (Å²) in [5.41, 5.74) is 8.50. The third-order valence-corrected chi connectivity index (χ3v) is 6.24. The first-order chi connectivity index (χ1) is 14.2. The first-order valence-electron chi connectivity index (χ1n) is 10.0. The normalized spacial score (nSPS) is 16.6. The monoisotopic (exact) mass is 409 g/mol. The molecule has 0 spiro atoms. The summed E-state index contributed by atoms with van der Waals surface area (Å²) in [4.78, 5) is 9.14. The fourth-order valence-electron chi connectivity index (χ4n) is 3.85. The minimum absolute atomic E-state index is 0.140. The summed E-state index contributed by atoms with van der Waals surface area (Å²) in [6, 6.07) is 6.93. The largest absolute Gasteiger partial charge is 0.353 e. The van der Waals surface area contributed by atoms with E-state index in [0.29, 0.717) is 16.9 Å². The van der Waals surface area contributed by atoms with Gasteiger partial charge >= 0.3 is 0 Å². The number of nitrogens with zero attached hydrogens (tertiary/aromatic N) is 5. The van der Waals surface area contributed by atoms with E-state index >= 15 is 0 Å². The van der Waals surface area contributed by atoms with Gasteiger partial charge < -0.3 is 20.9 Å². The van der Waals surface area contributed by atoms with Gasteiger partial charge in [0.1, 0.15) is 17.8 Å². The SMILES string of the molecule is Cc1c(F)cccc1[C@@H](N)Nc1nnc(C)c2cnc(N3CC(C)(N(C)C)C3)cc12. The lowest BCUT2D eigenvalue weighted by atomic mass is 9.91. The summed E-state index contributed by atoms with van der Waals surface area (Å²) in [5, 5.41) is 13.6. The Morgan fingerprint density at radius 3 is 2.63 bits per heavy atom. The first kappa shape index (κ1) is 20.4. The second-order valence-corrected chi connectivity index (χ2v) is 8.55. The van der Waals surface area contributed by atoms with Crippen molar-refractivity contribution in [2.75, 3.05) is 37.4 Å². The number of likely N-dealkylation sites (N-methyl/N-ethyl adjacent to an activating group) is 1. The van der Waals surface area contributed by atoms with Gasteiger partial charge in [0.25, 0.3) is 0 Å². The average molecular weight is 410 g/mol. The standard InChI is InChI=1S/C22H28FN7/c1-13-15(7-6-8-18(13)23)20(24)26-21-16-9-19(25-10-17(16)14(2)27-28-21)30-11-22(3,12-30)29(4)5/h6-10,20H,11-12,24H2,1-5H3,(H,26,28)/t20-/m0/s1. The average Bonchev–Trinajstić information content (AvgIpc) is 2.69. The Hall–Kier alpha value is -2.84. The maximum atomic E-state index is 14.0. The molecule has 158 valence electrons. The van der Waals surface area contributed by atoms with Crippen molar-refractivity contribution in [3.63, 3.8) is 0 Å². The third kappa shape index (κ3) is 3.46. The highest BCUT2D eigenvalue weighted by atomic mass is 19.1. The lowest BCUT2D eigenvalue weighted by Gasteiger charge is -2.52. The Labute approximate surface area is 176 Å². The number of nitrogens with one attached hydrogen (secondary N) is 1. The fraction of sp³-hybridized carbons (Fsp3) is 0.409. The number of aryl methyl sites for hydroxylation is 1. The number of pyridine rings is 1. The van der Waals surface area contributed by atoms with E-state index in [1.165, 1.54) is 6.07 Å². The van der Waals surface area contributed by atoms with Crippen molar-refractivity contribution in [3.8, 4) is 0 Å². The third-order valence-electron chi connectivity index (χ3n) is 6.24. The molecule has 0 bridgehead atoms. The summed E-state index contributed by atoms with van der Waals surface area (Å²) in [7, 11) is 4.20. The van der Waals surface area contributed by atoms with Gasteiger partial charge in [0, 0.05) is 30.1 Å². The number of rotatable bonds is 5. The van der Waals surface area contributed by atoms with E-state index in [0.717, 1.165) is 35.4 Å².